The molecule has 1 N–H and O–H groups in total. The van der Waals surface area contributed by atoms with Gasteiger partial charge in [-0.2, -0.15) is 0 Å². The third-order valence-corrected chi connectivity index (χ3v) is 5.68. The van der Waals surface area contributed by atoms with E-state index in [2.05, 4.69) is 41.2 Å². The lowest BCUT2D eigenvalue weighted by Crippen LogP contribution is -2.47. The van der Waals surface area contributed by atoms with Crippen LogP contribution in [0.2, 0.25) is 0 Å². The van der Waals surface area contributed by atoms with Gasteiger partial charge >= 0.3 is 0 Å². The highest BCUT2D eigenvalue weighted by Gasteiger charge is 2.23. The van der Waals surface area contributed by atoms with Gasteiger partial charge in [-0.05, 0) is 55.7 Å². The molecule has 0 bridgehead atoms. The van der Waals surface area contributed by atoms with E-state index in [0.717, 1.165) is 70.4 Å². The number of aliphatic imine (C=N–C) groups is 1. The van der Waals surface area contributed by atoms with E-state index >= 15 is 0 Å². The van der Waals surface area contributed by atoms with E-state index in [1.807, 2.05) is 19.2 Å². The van der Waals surface area contributed by atoms with Crippen LogP contribution in [0.4, 0.5) is 0 Å². The summed E-state index contributed by atoms with van der Waals surface area (Å²) in [5, 5.41) is 3.51. The summed E-state index contributed by atoms with van der Waals surface area (Å²) in [7, 11) is 1.85. The molecule has 1 unspecified atom stereocenters. The van der Waals surface area contributed by atoms with Crippen molar-refractivity contribution in [2.75, 3.05) is 40.0 Å². The van der Waals surface area contributed by atoms with Crippen molar-refractivity contribution in [3.63, 3.8) is 0 Å². The van der Waals surface area contributed by atoms with Gasteiger partial charge in [0, 0.05) is 33.3 Å². The first kappa shape index (κ1) is 26.2. The quantitative estimate of drug-likeness (QED) is 0.297. The molecule has 2 saturated heterocycles. The summed E-state index contributed by atoms with van der Waals surface area (Å²) >= 11 is 0. The SMILES string of the molecule is CN=C(NCc1cccc(OCC(C)C)c1)N1CCC(OCC2CCCCO2)CC1.I. The maximum atomic E-state index is 6.14. The Bertz CT molecular complexity index is 657. The van der Waals surface area contributed by atoms with Gasteiger partial charge in [0.25, 0.3) is 0 Å². The van der Waals surface area contributed by atoms with Gasteiger partial charge < -0.3 is 24.4 Å². The largest absolute Gasteiger partial charge is 0.493 e. The molecular formula is C24H40IN3O3. The number of likely N-dealkylation sites (tertiary alicyclic amines) is 1. The lowest BCUT2D eigenvalue weighted by molar-refractivity contribution is -0.0721. The Hall–Kier alpha value is -1.06. The van der Waals surface area contributed by atoms with Crippen molar-refractivity contribution in [2.45, 2.75) is 64.7 Å². The van der Waals surface area contributed by atoms with Crippen molar-refractivity contribution >= 4 is 29.9 Å². The zero-order valence-electron chi connectivity index (χ0n) is 19.3. The van der Waals surface area contributed by atoms with Gasteiger partial charge in [-0.15, -0.1) is 24.0 Å². The first-order valence-electron chi connectivity index (χ1n) is 11.5. The molecular weight excluding hydrogens is 505 g/mol. The lowest BCUT2D eigenvalue weighted by atomic mass is 10.1. The summed E-state index contributed by atoms with van der Waals surface area (Å²) in [5.74, 6) is 2.41. The Labute approximate surface area is 205 Å². The molecule has 1 aromatic carbocycles. The van der Waals surface area contributed by atoms with Crippen molar-refractivity contribution in [1.29, 1.82) is 0 Å². The van der Waals surface area contributed by atoms with Gasteiger partial charge in [-0.3, -0.25) is 4.99 Å². The zero-order chi connectivity index (χ0) is 21.2. The predicted octanol–water partition coefficient (Wildman–Crippen LogP) is 4.46. The maximum absolute atomic E-state index is 6.14. The number of hydrogen-bond acceptors (Lipinski definition) is 4. The van der Waals surface area contributed by atoms with Gasteiger partial charge in [0.1, 0.15) is 5.75 Å². The normalized spacial score (nSPS) is 20.5. The topological polar surface area (TPSA) is 55.3 Å². The highest BCUT2D eigenvalue weighted by molar-refractivity contribution is 14.0. The van der Waals surface area contributed by atoms with Crippen LogP contribution in [0.15, 0.2) is 29.3 Å². The molecule has 3 rings (SSSR count). The Kier molecular flexibility index (Phi) is 12.0. The van der Waals surface area contributed by atoms with E-state index in [1.54, 1.807) is 0 Å². The van der Waals surface area contributed by atoms with Crippen molar-refractivity contribution < 1.29 is 14.2 Å². The third kappa shape index (κ3) is 9.14. The first-order chi connectivity index (χ1) is 14.6. The summed E-state index contributed by atoms with van der Waals surface area (Å²) < 4.78 is 17.8. The fourth-order valence-corrected chi connectivity index (χ4v) is 3.94. The number of hydrogen-bond donors (Lipinski definition) is 1. The van der Waals surface area contributed by atoms with Crippen LogP contribution in [-0.2, 0) is 16.0 Å². The zero-order valence-corrected chi connectivity index (χ0v) is 21.7. The van der Waals surface area contributed by atoms with Crippen LogP contribution in [0.1, 0.15) is 51.5 Å². The Morgan fingerprint density at radius 1 is 1.23 bits per heavy atom. The average Bonchev–Trinajstić information content (AvgIpc) is 2.78. The Morgan fingerprint density at radius 3 is 2.71 bits per heavy atom. The van der Waals surface area contributed by atoms with Crippen molar-refractivity contribution in [1.82, 2.24) is 10.2 Å². The minimum atomic E-state index is 0. The molecule has 2 aliphatic heterocycles. The molecule has 7 heteroatoms. The summed E-state index contributed by atoms with van der Waals surface area (Å²) in [4.78, 5) is 6.82. The smallest absolute Gasteiger partial charge is 0.193 e. The number of halogens is 1. The second-order valence-electron chi connectivity index (χ2n) is 8.76. The number of nitrogens with zero attached hydrogens (tertiary/aromatic N) is 2. The molecule has 0 radical (unpaired) electrons. The monoisotopic (exact) mass is 545 g/mol. The molecule has 0 spiro atoms. The summed E-state index contributed by atoms with van der Waals surface area (Å²) in [6.07, 6.45) is 6.29. The standard InChI is InChI=1S/C24H39N3O3.HI/c1-19(2)17-29-22-9-6-7-20(15-22)16-26-24(25-3)27-12-10-21(11-13-27)30-18-23-8-4-5-14-28-23;/h6-7,9,15,19,21,23H,4-5,8,10-14,16-18H2,1-3H3,(H,25,26);1H. The van der Waals surface area contributed by atoms with Gasteiger partial charge in [-0.25, -0.2) is 0 Å². The average molecular weight is 546 g/mol. The van der Waals surface area contributed by atoms with Gasteiger partial charge in [0.15, 0.2) is 5.96 Å². The molecule has 6 nitrogen and oxygen atoms in total. The van der Waals surface area contributed by atoms with Gasteiger partial charge in [0.05, 0.1) is 25.4 Å². The highest BCUT2D eigenvalue weighted by atomic mass is 127. The number of piperidine rings is 1. The van der Waals surface area contributed by atoms with Gasteiger partial charge in [0.2, 0.25) is 0 Å². The van der Waals surface area contributed by atoms with Crippen molar-refractivity contribution in [2.24, 2.45) is 10.9 Å². The van der Waals surface area contributed by atoms with Crippen LogP contribution in [-0.4, -0.2) is 63.0 Å². The van der Waals surface area contributed by atoms with E-state index in [4.69, 9.17) is 14.2 Å². The predicted molar refractivity (Wildman–Crippen MR) is 137 cm³/mol. The molecule has 0 aliphatic carbocycles. The molecule has 1 aromatic rings. The Morgan fingerprint density at radius 2 is 2.03 bits per heavy atom. The maximum Gasteiger partial charge on any atom is 0.193 e. The molecule has 1 atom stereocenters. The molecule has 2 aliphatic rings. The van der Waals surface area contributed by atoms with Crippen LogP contribution in [0.3, 0.4) is 0 Å². The van der Waals surface area contributed by atoms with Crippen LogP contribution in [0.25, 0.3) is 0 Å². The van der Waals surface area contributed by atoms with E-state index < -0.39 is 0 Å². The van der Waals surface area contributed by atoms with E-state index in [1.165, 1.54) is 18.4 Å². The van der Waals surface area contributed by atoms with Crippen LogP contribution in [0.5, 0.6) is 5.75 Å². The second-order valence-corrected chi connectivity index (χ2v) is 8.76. The Balaban J connectivity index is 0.00000341. The second kappa shape index (κ2) is 14.2. The minimum absolute atomic E-state index is 0. The number of benzene rings is 1. The molecule has 31 heavy (non-hydrogen) atoms. The molecule has 0 saturated carbocycles. The molecule has 2 fully saturated rings. The number of ether oxygens (including phenoxy) is 3. The van der Waals surface area contributed by atoms with Crippen LogP contribution < -0.4 is 10.1 Å². The fraction of sp³-hybridized carbons (Fsp3) is 0.708. The third-order valence-electron chi connectivity index (χ3n) is 5.68. The van der Waals surface area contributed by atoms with E-state index in [9.17, 15) is 0 Å². The number of nitrogens with one attached hydrogen (secondary N) is 1. The van der Waals surface area contributed by atoms with E-state index in [-0.39, 0.29) is 24.0 Å². The van der Waals surface area contributed by atoms with Crippen molar-refractivity contribution in [3.8, 4) is 5.75 Å². The molecule has 176 valence electrons. The fourth-order valence-electron chi connectivity index (χ4n) is 3.94. The molecule has 0 aromatic heterocycles. The van der Waals surface area contributed by atoms with Crippen molar-refractivity contribution in [3.05, 3.63) is 29.8 Å². The van der Waals surface area contributed by atoms with Crippen LogP contribution in [0, 0.1) is 5.92 Å². The number of guanidine groups is 1. The lowest BCUT2D eigenvalue weighted by Gasteiger charge is -2.35. The number of rotatable bonds is 8. The van der Waals surface area contributed by atoms with Gasteiger partial charge in [-0.1, -0.05) is 26.0 Å². The molecule has 2 heterocycles. The first-order valence-corrected chi connectivity index (χ1v) is 11.5. The highest BCUT2D eigenvalue weighted by Crippen LogP contribution is 2.18. The summed E-state index contributed by atoms with van der Waals surface area (Å²) in [6, 6.07) is 8.30. The summed E-state index contributed by atoms with van der Waals surface area (Å²) in [5.41, 5.74) is 1.20. The molecule has 0 amide bonds. The minimum Gasteiger partial charge on any atom is -0.493 e. The van der Waals surface area contributed by atoms with Crippen LogP contribution >= 0.6 is 24.0 Å². The van der Waals surface area contributed by atoms with E-state index in [0.29, 0.717) is 18.1 Å². The summed E-state index contributed by atoms with van der Waals surface area (Å²) in [6.45, 7) is 9.36.